The van der Waals surface area contributed by atoms with Crippen LogP contribution in [0.5, 0.6) is 5.75 Å². The fourth-order valence-electron chi connectivity index (χ4n) is 4.64. The molecule has 0 radical (unpaired) electrons. The zero-order valence-electron chi connectivity index (χ0n) is 25.0. The molecule has 1 aliphatic rings. The number of aliphatic imine (C=N–C) groups is 1. The van der Waals surface area contributed by atoms with Crippen molar-refractivity contribution < 1.29 is 45.1 Å². The Kier molecular flexibility index (Phi) is 9.93. The van der Waals surface area contributed by atoms with E-state index in [2.05, 4.69) is 15.1 Å². The van der Waals surface area contributed by atoms with Crippen molar-refractivity contribution in [2.24, 2.45) is 4.99 Å². The molecular weight excluding hydrogens is 606 g/mol. The van der Waals surface area contributed by atoms with E-state index in [9.17, 15) is 31.1 Å². The van der Waals surface area contributed by atoms with Crippen LogP contribution in [0.25, 0.3) is 17.5 Å². The van der Waals surface area contributed by atoms with Gasteiger partial charge in [0.1, 0.15) is 23.2 Å². The van der Waals surface area contributed by atoms with Gasteiger partial charge in [0.15, 0.2) is 0 Å². The fourth-order valence-corrected chi connectivity index (χ4v) is 4.64. The summed E-state index contributed by atoms with van der Waals surface area (Å²) in [7, 11) is 0. The van der Waals surface area contributed by atoms with Crippen LogP contribution in [0.1, 0.15) is 75.6 Å². The van der Waals surface area contributed by atoms with Crippen LogP contribution < -0.4 is 4.74 Å². The lowest BCUT2D eigenvalue weighted by molar-refractivity contribution is -0.139. The average molecular weight is 639 g/mol. The molecule has 0 unspecified atom stereocenters. The molecule has 45 heavy (non-hydrogen) atoms. The first-order valence-corrected chi connectivity index (χ1v) is 14.1. The van der Waals surface area contributed by atoms with E-state index in [-0.39, 0.29) is 30.3 Å². The van der Waals surface area contributed by atoms with E-state index in [0.29, 0.717) is 24.4 Å². The normalized spacial score (nSPS) is 16.4. The van der Waals surface area contributed by atoms with E-state index in [4.69, 9.17) is 14.0 Å². The van der Waals surface area contributed by atoms with Crippen molar-refractivity contribution in [2.45, 2.75) is 71.0 Å². The Balaban J connectivity index is 1.43. The second-order valence-corrected chi connectivity index (χ2v) is 11.3. The summed E-state index contributed by atoms with van der Waals surface area (Å²) in [6.45, 7) is 7.29. The number of rotatable bonds is 7. The van der Waals surface area contributed by atoms with E-state index in [1.165, 1.54) is 24.3 Å². The van der Waals surface area contributed by atoms with Crippen molar-refractivity contribution in [2.75, 3.05) is 13.2 Å². The molecule has 2 aromatic carbocycles. The molecule has 14 heteroatoms. The van der Waals surface area contributed by atoms with E-state index < -0.39 is 47.0 Å². The quantitative estimate of drug-likeness (QED) is 0.111. The number of hydrogen-bond acceptors (Lipinski definition) is 6. The molecule has 1 saturated heterocycles. The molecule has 1 amide bonds. The van der Waals surface area contributed by atoms with Crippen molar-refractivity contribution in [3.8, 4) is 17.1 Å². The maximum atomic E-state index is 14.0. The van der Waals surface area contributed by atoms with Crippen molar-refractivity contribution in [1.82, 2.24) is 15.0 Å². The molecule has 0 saturated carbocycles. The number of amides is 1. The second kappa shape index (κ2) is 13.3. The van der Waals surface area contributed by atoms with Crippen LogP contribution in [-0.4, -0.2) is 45.7 Å². The summed E-state index contributed by atoms with van der Waals surface area (Å²) < 4.78 is 96.1. The van der Waals surface area contributed by atoms with Crippen LogP contribution in [-0.2, 0) is 17.1 Å². The highest BCUT2D eigenvalue weighted by molar-refractivity contribution is 5.90. The summed E-state index contributed by atoms with van der Waals surface area (Å²) in [5, 5.41) is 3.90. The SMILES string of the molecule is CC(=NC(=O)OC(C)(C)C)N1CCC[C@H]1c1nc(-c2ccc(OCC/C=C/c3ccc(C(F)(F)F)cc3)c(C(F)(F)F)c2)no1. The Morgan fingerprint density at radius 3 is 2.42 bits per heavy atom. The molecule has 242 valence electrons. The van der Waals surface area contributed by atoms with Crippen molar-refractivity contribution in [3.63, 3.8) is 0 Å². The van der Waals surface area contributed by atoms with Gasteiger partial charge in [0.25, 0.3) is 0 Å². The number of nitrogens with zero attached hydrogens (tertiary/aromatic N) is 4. The number of ether oxygens (including phenoxy) is 2. The van der Waals surface area contributed by atoms with Crippen molar-refractivity contribution in [1.29, 1.82) is 0 Å². The minimum absolute atomic E-state index is 0.0462. The molecule has 0 spiro atoms. The number of aromatic nitrogens is 2. The molecule has 8 nitrogen and oxygen atoms in total. The van der Waals surface area contributed by atoms with Gasteiger partial charge in [-0.25, -0.2) is 4.79 Å². The van der Waals surface area contributed by atoms with Gasteiger partial charge in [-0.2, -0.15) is 36.3 Å². The fraction of sp³-hybridized carbons (Fsp3) is 0.419. The summed E-state index contributed by atoms with van der Waals surface area (Å²) >= 11 is 0. The Morgan fingerprint density at radius 1 is 1.07 bits per heavy atom. The predicted octanol–water partition coefficient (Wildman–Crippen LogP) is 8.75. The standard InChI is InChI=1S/C31H32F6N4O4/c1-19(38-28(42)44-29(2,3)4)41-16-7-9-24(41)27-39-26(40-45-27)21-12-15-25(23(18-21)31(35,36)37)43-17-6-5-8-20-10-13-22(14-11-20)30(32,33)34/h5,8,10-15,18,24H,6-7,9,16-17H2,1-4H3/b8-5+,38-19?/t24-/m0/s1. The van der Waals surface area contributed by atoms with Gasteiger partial charge in [0.05, 0.1) is 17.7 Å². The van der Waals surface area contributed by atoms with Gasteiger partial charge in [-0.1, -0.05) is 29.4 Å². The summed E-state index contributed by atoms with van der Waals surface area (Å²) in [4.78, 5) is 22.3. The zero-order chi connectivity index (χ0) is 33.0. The third kappa shape index (κ3) is 9.08. The first kappa shape index (κ1) is 33.5. The van der Waals surface area contributed by atoms with Gasteiger partial charge in [0.2, 0.25) is 11.7 Å². The highest BCUT2D eigenvalue weighted by atomic mass is 19.4. The minimum atomic E-state index is -4.74. The number of carbonyl (C=O) groups is 1. The number of alkyl halides is 6. The number of carbonyl (C=O) groups excluding carboxylic acids is 1. The van der Waals surface area contributed by atoms with Gasteiger partial charge >= 0.3 is 18.4 Å². The first-order valence-electron chi connectivity index (χ1n) is 14.1. The second-order valence-electron chi connectivity index (χ2n) is 11.3. The molecule has 0 N–H and O–H groups in total. The van der Waals surface area contributed by atoms with Gasteiger partial charge in [0, 0.05) is 12.1 Å². The maximum absolute atomic E-state index is 14.0. The number of halogens is 6. The smallest absolute Gasteiger partial charge is 0.435 e. The lowest BCUT2D eigenvalue weighted by atomic mass is 10.1. The molecule has 1 fully saturated rings. The molecule has 0 aliphatic carbocycles. The number of hydrogen-bond donors (Lipinski definition) is 0. The van der Waals surface area contributed by atoms with Crippen LogP contribution >= 0.6 is 0 Å². The van der Waals surface area contributed by atoms with E-state index in [0.717, 1.165) is 24.6 Å². The highest BCUT2D eigenvalue weighted by Crippen LogP contribution is 2.39. The summed E-state index contributed by atoms with van der Waals surface area (Å²) in [5.41, 5.74) is -1.94. The van der Waals surface area contributed by atoms with Crippen LogP contribution in [0.2, 0.25) is 0 Å². The Morgan fingerprint density at radius 2 is 1.78 bits per heavy atom. The molecular formula is C31H32F6N4O4. The predicted molar refractivity (Wildman–Crippen MR) is 153 cm³/mol. The molecule has 3 aromatic rings. The highest BCUT2D eigenvalue weighted by Gasteiger charge is 2.36. The molecule has 4 rings (SSSR count). The summed E-state index contributed by atoms with van der Waals surface area (Å²) in [6, 6.07) is 7.52. The molecule has 1 aromatic heterocycles. The third-order valence-corrected chi connectivity index (χ3v) is 6.68. The van der Waals surface area contributed by atoms with Gasteiger partial charge in [-0.05, 0) is 82.9 Å². The summed E-state index contributed by atoms with van der Waals surface area (Å²) in [5.74, 6) is 0.125. The lowest BCUT2D eigenvalue weighted by Gasteiger charge is -2.24. The zero-order valence-corrected chi connectivity index (χ0v) is 25.0. The van der Waals surface area contributed by atoms with E-state index >= 15 is 0 Å². The Bertz CT molecular complexity index is 1540. The van der Waals surface area contributed by atoms with Gasteiger partial charge in [-0.3, -0.25) is 0 Å². The lowest BCUT2D eigenvalue weighted by Crippen LogP contribution is -2.30. The monoisotopic (exact) mass is 638 g/mol. The topological polar surface area (TPSA) is 90.0 Å². The number of benzene rings is 2. The minimum Gasteiger partial charge on any atom is -0.493 e. The largest absolute Gasteiger partial charge is 0.493 e. The van der Waals surface area contributed by atoms with Crippen LogP contribution in [0.4, 0.5) is 31.1 Å². The molecule has 1 aliphatic heterocycles. The van der Waals surface area contributed by atoms with Crippen molar-refractivity contribution in [3.05, 3.63) is 71.1 Å². The van der Waals surface area contributed by atoms with Crippen molar-refractivity contribution >= 4 is 18.0 Å². The summed E-state index contributed by atoms with van der Waals surface area (Å²) in [6.07, 6.45) is -5.21. The third-order valence-electron chi connectivity index (χ3n) is 6.68. The molecule has 2 heterocycles. The molecule has 0 bridgehead atoms. The first-order chi connectivity index (χ1) is 21.0. The Labute approximate surface area is 255 Å². The van der Waals surface area contributed by atoms with Gasteiger partial charge in [-0.15, -0.1) is 0 Å². The Hall–Kier alpha value is -4.36. The van der Waals surface area contributed by atoms with Crippen LogP contribution in [0.3, 0.4) is 0 Å². The van der Waals surface area contributed by atoms with Crippen LogP contribution in [0, 0.1) is 0 Å². The number of likely N-dealkylation sites (tertiary alicyclic amines) is 1. The van der Waals surface area contributed by atoms with Gasteiger partial charge < -0.3 is 18.9 Å². The number of amidine groups is 1. The average Bonchev–Trinajstić information content (AvgIpc) is 3.61. The van der Waals surface area contributed by atoms with Crippen LogP contribution in [0.15, 0.2) is 58.1 Å². The van der Waals surface area contributed by atoms with E-state index in [1.54, 1.807) is 39.8 Å². The van der Waals surface area contributed by atoms with E-state index in [1.807, 2.05) is 4.90 Å². The maximum Gasteiger partial charge on any atom is 0.435 e. The molecule has 1 atom stereocenters.